The van der Waals surface area contributed by atoms with Gasteiger partial charge >= 0.3 is 0 Å². The monoisotopic (exact) mass is 505 g/mol. The number of nitrogens with one attached hydrogen (secondary N) is 2. The summed E-state index contributed by atoms with van der Waals surface area (Å²) in [6.45, 7) is 6.72. The van der Waals surface area contributed by atoms with Gasteiger partial charge in [0.05, 0.1) is 12.0 Å². The maximum absolute atomic E-state index is 5.37. The van der Waals surface area contributed by atoms with Gasteiger partial charge in [-0.25, -0.2) is 0 Å². The first-order chi connectivity index (χ1) is 12.6. The fraction of sp³-hybridized carbons (Fsp3) is 0.579. The summed E-state index contributed by atoms with van der Waals surface area (Å²) in [7, 11) is 2.00. The summed E-state index contributed by atoms with van der Waals surface area (Å²) in [5, 5.41) is 11.3. The predicted octanol–water partition coefficient (Wildman–Crippen LogP) is 3.32. The number of furan rings is 1. The highest BCUT2D eigenvalue weighted by Crippen LogP contribution is 2.13. The summed E-state index contributed by atoms with van der Waals surface area (Å²) in [5.74, 6) is 2.93. The summed E-state index contributed by atoms with van der Waals surface area (Å²) in [6, 6.07) is 3.92. The molecule has 2 aromatic rings. The van der Waals surface area contributed by atoms with Crippen molar-refractivity contribution in [1.82, 2.24) is 20.4 Å². The molecule has 2 N–H and O–H groups in total. The minimum absolute atomic E-state index is 0. The number of aryl methyl sites for hydroxylation is 2. The van der Waals surface area contributed by atoms with E-state index in [9.17, 15) is 0 Å². The van der Waals surface area contributed by atoms with Crippen LogP contribution in [-0.4, -0.2) is 47.4 Å². The molecule has 2 rings (SSSR count). The number of thioether (sulfide) groups is 1. The van der Waals surface area contributed by atoms with Crippen molar-refractivity contribution >= 4 is 41.7 Å². The van der Waals surface area contributed by atoms with Gasteiger partial charge in [0.2, 0.25) is 0 Å². The number of guanidine groups is 1. The van der Waals surface area contributed by atoms with E-state index in [1.54, 1.807) is 6.26 Å². The van der Waals surface area contributed by atoms with E-state index in [4.69, 9.17) is 9.41 Å². The molecule has 0 radical (unpaired) electrons. The van der Waals surface area contributed by atoms with Crippen LogP contribution in [0.2, 0.25) is 0 Å². The van der Waals surface area contributed by atoms with Crippen molar-refractivity contribution in [3.05, 3.63) is 41.1 Å². The standard InChI is InChI=1S/C19H31N5OS.HI/c1-15-18(16(2)24(3)23-15)8-5-10-20-19(22-12-14-26-4)21-11-9-17-7-6-13-25-17;/h6-7,13H,5,8-12,14H2,1-4H3,(H2,20,21,22);1H. The highest BCUT2D eigenvalue weighted by Gasteiger charge is 2.08. The lowest BCUT2D eigenvalue weighted by atomic mass is 10.1. The van der Waals surface area contributed by atoms with E-state index < -0.39 is 0 Å². The van der Waals surface area contributed by atoms with Crippen LogP contribution in [0.25, 0.3) is 0 Å². The van der Waals surface area contributed by atoms with Crippen LogP contribution in [0.4, 0.5) is 0 Å². The van der Waals surface area contributed by atoms with Gasteiger partial charge in [0, 0.05) is 44.5 Å². The summed E-state index contributed by atoms with van der Waals surface area (Å²) < 4.78 is 7.33. The second-order valence-electron chi connectivity index (χ2n) is 6.28. The highest BCUT2D eigenvalue weighted by molar-refractivity contribution is 14.0. The van der Waals surface area contributed by atoms with Crippen molar-refractivity contribution < 1.29 is 4.42 Å². The van der Waals surface area contributed by atoms with Gasteiger partial charge in [-0.2, -0.15) is 16.9 Å². The molecule has 0 aliphatic rings. The van der Waals surface area contributed by atoms with Gasteiger partial charge in [0.1, 0.15) is 5.76 Å². The molecule has 0 aromatic carbocycles. The predicted molar refractivity (Wildman–Crippen MR) is 126 cm³/mol. The summed E-state index contributed by atoms with van der Waals surface area (Å²) in [6.07, 6.45) is 6.70. The fourth-order valence-electron chi connectivity index (χ4n) is 2.83. The van der Waals surface area contributed by atoms with Crippen LogP contribution in [-0.2, 0) is 19.9 Å². The Morgan fingerprint density at radius 2 is 2.04 bits per heavy atom. The zero-order chi connectivity index (χ0) is 18.8. The maximum atomic E-state index is 5.37. The molecule has 6 nitrogen and oxygen atoms in total. The first kappa shape index (κ1) is 23.9. The van der Waals surface area contributed by atoms with Crippen LogP contribution in [0.5, 0.6) is 0 Å². The number of halogens is 1. The SMILES string of the molecule is CSCCNC(=NCCCc1c(C)nn(C)c1C)NCCc1ccco1.I. The Hall–Kier alpha value is -1.16. The molecule has 8 heteroatoms. The molecule has 0 aliphatic carbocycles. The van der Waals surface area contributed by atoms with Crippen LogP contribution in [0.3, 0.4) is 0 Å². The van der Waals surface area contributed by atoms with E-state index in [1.807, 2.05) is 35.6 Å². The minimum atomic E-state index is 0. The largest absolute Gasteiger partial charge is 0.469 e. The first-order valence-electron chi connectivity index (χ1n) is 9.14. The molecule has 0 spiro atoms. The van der Waals surface area contributed by atoms with Gasteiger partial charge < -0.3 is 15.1 Å². The van der Waals surface area contributed by atoms with Crippen molar-refractivity contribution in [2.45, 2.75) is 33.1 Å². The first-order valence-corrected chi connectivity index (χ1v) is 10.5. The Kier molecular flexibility index (Phi) is 11.6. The van der Waals surface area contributed by atoms with Crippen molar-refractivity contribution in [2.75, 3.05) is 31.6 Å². The van der Waals surface area contributed by atoms with E-state index >= 15 is 0 Å². The molecule has 0 fully saturated rings. The lowest BCUT2D eigenvalue weighted by Gasteiger charge is -2.12. The third-order valence-electron chi connectivity index (χ3n) is 4.36. The number of hydrogen-bond donors (Lipinski definition) is 2. The third kappa shape index (κ3) is 8.16. The van der Waals surface area contributed by atoms with Crippen LogP contribution < -0.4 is 10.6 Å². The molecular weight excluding hydrogens is 473 g/mol. The zero-order valence-electron chi connectivity index (χ0n) is 16.7. The van der Waals surface area contributed by atoms with Crippen LogP contribution in [0.15, 0.2) is 27.8 Å². The molecule has 0 saturated carbocycles. The van der Waals surface area contributed by atoms with E-state index in [2.05, 4.69) is 35.8 Å². The van der Waals surface area contributed by atoms with Gasteiger partial charge in [0.15, 0.2) is 5.96 Å². The second-order valence-corrected chi connectivity index (χ2v) is 7.27. The van der Waals surface area contributed by atoms with Gasteiger partial charge in [-0.15, -0.1) is 24.0 Å². The molecule has 2 heterocycles. The Bertz CT molecular complexity index is 685. The molecule has 0 aliphatic heterocycles. The lowest BCUT2D eigenvalue weighted by molar-refractivity contribution is 0.507. The minimum Gasteiger partial charge on any atom is -0.469 e. The molecule has 0 bridgehead atoms. The van der Waals surface area contributed by atoms with Crippen LogP contribution in [0, 0.1) is 13.8 Å². The number of aliphatic imine (C=N–C) groups is 1. The average molecular weight is 505 g/mol. The summed E-state index contributed by atoms with van der Waals surface area (Å²) >= 11 is 1.83. The molecule has 0 amide bonds. The fourth-order valence-corrected chi connectivity index (χ4v) is 3.14. The molecule has 27 heavy (non-hydrogen) atoms. The van der Waals surface area contributed by atoms with Gasteiger partial charge in [-0.05, 0) is 50.6 Å². The van der Waals surface area contributed by atoms with Crippen LogP contribution >= 0.6 is 35.7 Å². The molecule has 152 valence electrons. The Labute approximate surface area is 184 Å². The second kappa shape index (κ2) is 13.1. The van der Waals surface area contributed by atoms with Crippen molar-refractivity contribution in [1.29, 1.82) is 0 Å². The summed E-state index contributed by atoms with van der Waals surface area (Å²) in [5.41, 5.74) is 3.73. The van der Waals surface area contributed by atoms with Gasteiger partial charge in [0.25, 0.3) is 0 Å². The Balaban J connectivity index is 0.00000364. The Morgan fingerprint density at radius 3 is 2.67 bits per heavy atom. The van der Waals surface area contributed by atoms with E-state index in [0.717, 1.165) is 62.1 Å². The normalized spacial score (nSPS) is 11.3. The smallest absolute Gasteiger partial charge is 0.191 e. The number of hydrogen-bond acceptors (Lipinski definition) is 4. The molecular formula is C19H32IN5OS. The molecule has 0 atom stereocenters. The number of nitrogens with zero attached hydrogens (tertiary/aromatic N) is 3. The maximum Gasteiger partial charge on any atom is 0.191 e. The number of aromatic nitrogens is 2. The van der Waals surface area contributed by atoms with Crippen molar-refractivity contribution in [2.24, 2.45) is 12.0 Å². The van der Waals surface area contributed by atoms with Crippen molar-refractivity contribution in [3.63, 3.8) is 0 Å². The summed E-state index contributed by atoms with van der Waals surface area (Å²) in [4.78, 5) is 4.72. The lowest BCUT2D eigenvalue weighted by Crippen LogP contribution is -2.39. The molecule has 2 aromatic heterocycles. The quantitative estimate of drug-likeness (QED) is 0.225. The topological polar surface area (TPSA) is 67.4 Å². The molecule has 0 unspecified atom stereocenters. The van der Waals surface area contributed by atoms with Gasteiger partial charge in [-0.3, -0.25) is 9.67 Å². The third-order valence-corrected chi connectivity index (χ3v) is 4.97. The van der Waals surface area contributed by atoms with Gasteiger partial charge in [-0.1, -0.05) is 0 Å². The number of rotatable bonds is 10. The Morgan fingerprint density at radius 1 is 1.26 bits per heavy atom. The highest BCUT2D eigenvalue weighted by atomic mass is 127. The van der Waals surface area contributed by atoms with E-state index in [-0.39, 0.29) is 24.0 Å². The van der Waals surface area contributed by atoms with E-state index in [1.165, 1.54) is 11.3 Å². The average Bonchev–Trinajstić information content (AvgIpc) is 3.21. The van der Waals surface area contributed by atoms with E-state index in [0.29, 0.717) is 0 Å². The van der Waals surface area contributed by atoms with Crippen LogP contribution in [0.1, 0.15) is 29.1 Å². The zero-order valence-corrected chi connectivity index (χ0v) is 19.9. The van der Waals surface area contributed by atoms with Crippen molar-refractivity contribution in [3.8, 4) is 0 Å². The molecule has 0 saturated heterocycles.